The summed E-state index contributed by atoms with van der Waals surface area (Å²) in [5.74, 6) is 1.61. The molecule has 1 N–H and O–H groups in total. The molecule has 5 heteroatoms. The lowest BCUT2D eigenvalue weighted by molar-refractivity contribution is 0.957. The summed E-state index contributed by atoms with van der Waals surface area (Å²) in [5, 5.41) is 6.19. The van der Waals surface area contributed by atoms with Crippen LogP contribution >= 0.6 is 11.3 Å². The van der Waals surface area contributed by atoms with Crippen LogP contribution < -0.4 is 5.32 Å². The number of hydrogen-bond acceptors (Lipinski definition) is 5. The average molecular weight is 296 g/mol. The summed E-state index contributed by atoms with van der Waals surface area (Å²) in [5.41, 5.74) is 3.06. The molecule has 0 unspecified atom stereocenters. The Balaban J connectivity index is 1.97. The number of rotatable bonds is 4. The molecule has 0 saturated carbocycles. The number of aromatic nitrogens is 3. The lowest BCUT2D eigenvalue weighted by Crippen LogP contribution is -2.02. The summed E-state index contributed by atoms with van der Waals surface area (Å²) < 4.78 is 0. The van der Waals surface area contributed by atoms with Crippen molar-refractivity contribution in [2.45, 2.75) is 13.3 Å². The highest BCUT2D eigenvalue weighted by atomic mass is 32.1. The highest BCUT2D eigenvalue weighted by Gasteiger charge is 2.08. The molecule has 4 nitrogen and oxygen atoms in total. The Morgan fingerprint density at radius 3 is 2.57 bits per heavy atom. The summed E-state index contributed by atoms with van der Waals surface area (Å²) in [6, 6.07) is 12.1. The molecule has 3 rings (SSSR count). The Labute approximate surface area is 127 Å². The van der Waals surface area contributed by atoms with Gasteiger partial charge in [-0.25, -0.2) is 15.0 Å². The van der Waals surface area contributed by atoms with Crippen molar-refractivity contribution >= 4 is 17.2 Å². The highest BCUT2D eigenvalue weighted by molar-refractivity contribution is 7.09. The first-order valence-electron chi connectivity index (χ1n) is 6.77. The molecule has 106 valence electrons. The molecule has 1 aromatic carbocycles. The van der Waals surface area contributed by atoms with E-state index >= 15 is 0 Å². The fraction of sp³-hybridized carbons (Fsp3) is 0.188. The van der Waals surface area contributed by atoms with Crippen LogP contribution in [0.2, 0.25) is 0 Å². The largest absolute Gasteiger partial charge is 0.373 e. The van der Waals surface area contributed by atoms with Gasteiger partial charge in [0.2, 0.25) is 0 Å². The predicted molar refractivity (Wildman–Crippen MR) is 86.7 cm³/mol. The molecule has 0 bridgehead atoms. The van der Waals surface area contributed by atoms with Crippen molar-refractivity contribution in [1.29, 1.82) is 0 Å². The fourth-order valence-electron chi connectivity index (χ4n) is 2.08. The van der Waals surface area contributed by atoms with Gasteiger partial charge in [-0.1, -0.05) is 30.3 Å². The normalized spacial score (nSPS) is 10.6. The number of nitrogens with zero attached hydrogens (tertiary/aromatic N) is 3. The van der Waals surface area contributed by atoms with Crippen LogP contribution in [0.4, 0.5) is 5.82 Å². The monoisotopic (exact) mass is 296 g/mol. The van der Waals surface area contributed by atoms with Crippen molar-refractivity contribution in [3.63, 3.8) is 0 Å². The van der Waals surface area contributed by atoms with Gasteiger partial charge in [-0.15, -0.1) is 11.3 Å². The zero-order chi connectivity index (χ0) is 14.7. The maximum absolute atomic E-state index is 4.67. The Hall–Kier alpha value is -2.27. The lowest BCUT2D eigenvalue weighted by atomic mass is 10.1. The quantitative estimate of drug-likeness (QED) is 0.800. The number of aryl methyl sites for hydroxylation is 1. The molecular weight excluding hydrogens is 280 g/mol. The molecule has 2 heterocycles. The lowest BCUT2D eigenvalue weighted by Gasteiger charge is -2.07. The second-order valence-electron chi connectivity index (χ2n) is 4.73. The predicted octanol–water partition coefficient (Wildman–Crippen LogP) is 3.54. The van der Waals surface area contributed by atoms with Gasteiger partial charge in [0.05, 0.1) is 12.1 Å². The first kappa shape index (κ1) is 13.7. The Kier molecular flexibility index (Phi) is 3.92. The first-order chi connectivity index (χ1) is 10.2. The van der Waals surface area contributed by atoms with Crippen molar-refractivity contribution in [3.05, 3.63) is 58.3 Å². The molecule has 0 aliphatic rings. The molecule has 0 fully saturated rings. The van der Waals surface area contributed by atoms with Crippen molar-refractivity contribution in [2.24, 2.45) is 0 Å². The van der Waals surface area contributed by atoms with Crippen molar-refractivity contribution in [3.8, 4) is 11.3 Å². The molecule has 2 aromatic heterocycles. The zero-order valence-electron chi connectivity index (χ0n) is 12.0. The molecule has 21 heavy (non-hydrogen) atoms. The van der Waals surface area contributed by atoms with Crippen LogP contribution in [0.25, 0.3) is 11.3 Å². The minimum Gasteiger partial charge on any atom is -0.373 e. The van der Waals surface area contributed by atoms with Crippen LogP contribution in [-0.4, -0.2) is 22.0 Å². The minimum atomic E-state index is 0.661. The minimum absolute atomic E-state index is 0.661. The standard InChI is InChI=1S/C16H16N4S/c1-11-10-21-16(18-11)9-15-19-13(8-14(17-2)20-15)12-6-4-3-5-7-12/h3-8,10H,9H2,1-2H3,(H,17,19,20). The molecule has 0 saturated heterocycles. The molecule has 0 aliphatic heterocycles. The van der Waals surface area contributed by atoms with Crippen LogP contribution in [0.1, 0.15) is 16.5 Å². The molecule has 0 atom stereocenters. The number of nitrogens with one attached hydrogen (secondary N) is 1. The van der Waals surface area contributed by atoms with Gasteiger partial charge in [-0.2, -0.15) is 0 Å². The van der Waals surface area contributed by atoms with Crippen molar-refractivity contribution in [1.82, 2.24) is 15.0 Å². The summed E-state index contributed by atoms with van der Waals surface area (Å²) >= 11 is 1.65. The van der Waals surface area contributed by atoms with Crippen LogP contribution in [0.5, 0.6) is 0 Å². The summed E-state index contributed by atoms with van der Waals surface area (Å²) in [4.78, 5) is 13.7. The number of hydrogen-bond donors (Lipinski definition) is 1. The van der Waals surface area contributed by atoms with E-state index < -0.39 is 0 Å². The van der Waals surface area contributed by atoms with Gasteiger partial charge < -0.3 is 5.32 Å². The van der Waals surface area contributed by atoms with Gasteiger partial charge in [-0.3, -0.25) is 0 Å². The van der Waals surface area contributed by atoms with Gasteiger partial charge in [0, 0.05) is 29.8 Å². The van der Waals surface area contributed by atoms with Crippen LogP contribution in [0, 0.1) is 6.92 Å². The van der Waals surface area contributed by atoms with Gasteiger partial charge in [0.25, 0.3) is 0 Å². The Bertz CT molecular complexity index is 737. The second kappa shape index (κ2) is 6.01. The Morgan fingerprint density at radius 2 is 1.90 bits per heavy atom. The molecule has 3 aromatic rings. The van der Waals surface area contributed by atoms with E-state index in [1.54, 1.807) is 11.3 Å². The Morgan fingerprint density at radius 1 is 1.10 bits per heavy atom. The van der Waals surface area contributed by atoms with E-state index in [1.807, 2.05) is 38.2 Å². The van der Waals surface area contributed by atoms with Crippen LogP contribution in [0.15, 0.2) is 41.8 Å². The second-order valence-corrected chi connectivity index (χ2v) is 5.67. The molecular formula is C16H16N4S. The van der Waals surface area contributed by atoms with Crippen molar-refractivity contribution < 1.29 is 0 Å². The number of anilines is 1. The third-order valence-corrected chi connectivity index (χ3v) is 4.04. The zero-order valence-corrected chi connectivity index (χ0v) is 12.8. The van der Waals surface area contributed by atoms with E-state index in [9.17, 15) is 0 Å². The maximum Gasteiger partial charge on any atom is 0.138 e. The van der Waals surface area contributed by atoms with E-state index in [4.69, 9.17) is 0 Å². The topological polar surface area (TPSA) is 50.7 Å². The third-order valence-electron chi connectivity index (χ3n) is 3.07. The SMILES string of the molecule is CNc1cc(-c2ccccc2)nc(Cc2nc(C)cs2)n1. The average Bonchev–Trinajstić information content (AvgIpc) is 2.93. The molecule has 0 radical (unpaired) electrons. The van der Waals surface area contributed by atoms with Gasteiger partial charge in [-0.05, 0) is 6.92 Å². The fourth-order valence-corrected chi connectivity index (χ4v) is 2.85. The molecule has 0 amide bonds. The van der Waals surface area contributed by atoms with Gasteiger partial charge >= 0.3 is 0 Å². The number of thiazole rings is 1. The first-order valence-corrected chi connectivity index (χ1v) is 7.64. The number of benzene rings is 1. The summed E-state index contributed by atoms with van der Waals surface area (Å²) in [7, 11) is 1.87. The van der Waals surface area contributed by atoms with E-state index in [2.05, 4.69) is 37.8 Å². The summed E-state index contributed by atoms with van der Waals surface area (Å²) in [6.07, 6.45) is 0.661. The molecule has 0 spiro atoms. The van der Waals surface area contributed by atoms with E-state index in [0.29, 0.717) is 6.42 Å². The van der Waals surface area contributed by atoms with Crippen molar-refractivity contribution in [2.75, 3.05) is 12.4 Å². The van der Waals surface area contributed by atoms with E-state index in [-0.39, 0.29) is 0 Å². The maximum atomic E-state index is 4.67. The smallest absolute Gasteiger partial charge is 0.138 e. The molecule has 0 aliphatic carbocycles. The van der Waals surface area contributed by atoms with Crippen LogP contribution in [0.3, 0.4) is 0 Å². The van der Waals surface area contributed by atoms with E-state index in [0.717, 1.165) is 33.6 Å². The van der Waals surface area contributed by atoms with E-state index in [1.165, 1.54) is 0 Å². The van der Waals surface area contributed by atoms with Crippen LogP contribution in [-0.2, 0) is 6.42 Å². The summed E-state index contributed by atoms with van der Waals surface area (Å²) in [6.45, 7) is 2.00. The van der Waals surface area contributed by atoms with Gasteiger partial charge in [0.1, 0.15) is 16.6 Å². The van der Waals surface area contributed by atoms with Gasteiger partial charge in [0.15, 0.2) is 0 Å². The highest BCUT2D eigenvalue weighted by Crippen LogP contribution is 2.21. The third kappa shape index (κ3) is 3.25.